The Hall–Kier alpha value is -1.20. The second-order valence-corrected chi connectivity index (χ2v) is 9.30. The van der Waals surface area contributed by atoms with Crippen LogP contribution in [0.1, 0.15) is 23.2 Å². The summed E-state index contributed by atoms with van der Waals surface area (Å²) in [5.41, 5.74) is 0.0302. The number of halogens is 1. The number of hydrogen-bond donors (Lipinski definition) is 1. The monoisotopic (exact) mass is 396 g/mol. The summed E-state index contributed by atoms with van der Waals surface area (Å²) in [5, 5.41) is 4.97. The number of benzene rings is 1. The largest absolute Gasteiger partial charge is 0.465 e. The molecule has 1 aliphatic rings. The topological polar surface area (TPSA) is 124 Å². The minimum absolute atomic E-state index is 0.0302. The highest BCUT2D eigenvalue weighted by atomic mass is 35.5. The van der Waals surface area contributed by atoms with Crippen LogP contribution in [0, 0.1) is 0 Å². The van der Waals surface area contributed by atoms with E-state index in [9.17, 15) is 21.6 Å². The van der Waals surface area contributed by atoms with Crippen LogP contribution in [0.25, 0.3) is 0 Å². The number of methoxy groups -OCH3 is 1. The molecule has 8 nitrogen and oxygen atoms in total. The Balaban J connectivity index is 2.44. The highest BCUT2D eigenvalue weighted by Gasteiger charge is 2.38. The molecule has 2 rings (SSSR count). The van der Waals surface area contributed by atoms with Gasteiger partial charge in [-0.15, -0.1) is 0 Å². The fourth-order valence-corrected chi connectivity index (χ4v) is 5.80. The molecule has 24 heavy (non-hydrogen) atoms. The van der Waals surface area contributed by atoms with E-state index in [-0.39, 0.29) is 22.0 Å². The molecule has 1 atom stereocenters. The van der Waals surface area contributed by atoms with Crippen molar-refractivity contribution in [3.63, 3.8) is 0 Å². The van der Waals surface area contributed by atoms with E-state index in [1.54, 1.807) is 0 Å². The Labute approximate surface area is 145 Å². The number of hydrogen-bond acceptors (Lipinski definition) is 6. The summed E-state index contributed by atoms with van der Waals surface area (Å²) in [6.45, 7) is 0.154. The van der Waals surface area contributed by atoms with Gasteiger partial charge in [0.1, 0.15) is 4.90 Å². The van der Waals surface area contributed by atoms with Gasteiger partial charge in [0.2, 0.25) is 20.0 Å². The lowest BCUT2D eigenvalue weighted by Crippen LogP contribution is -2.41. The maximum Gasteiger partial charge on any atom is 0.337 e. The predicted octanol–water partition coefficient (Wildman–Crippen LogP) is 0.568. The number of rotatable bonds is 5. The van der Waals surface area contributed by atoms with Crippen LogP contribution in [0.15, 0.2) is 23.1 Å². The van der Waals surface area contributed by atoms with Gasteiger partial charge in [-0.1, -0.05) is 11.6 Å². The zero-order valence-electron chi connectivity index (χ0n) is 12.8. The van der Waals surface area contributed by atoms with E-state index in [1.165, 1.54) is 19.2 Å². The minimum Gasteiger partial charge on any atom is -0.465 e. The van der Waals surface area contributed by atoms with Crippen LogP contribution < -0.4 is 5.14 Å². The molecule has 0 unspecified atom stereocenters. The first-order valence-corrected chi connectivity index (χ1v) is 10.5. The average Bonchev–Trinajstić information content (AvgIpc) is 2.93. The van der Waals surface area contributed by atoms with Crippen molar-refractivity contribution in [3.8, 4) is 0 Å². The molecule has 0 bridgehead atoms. The van der Waals surface area contributed by atoms with Crippen molar-refractivity contribution < 1.29 is 26.4 Å². The lowest BCUT2D eigenvalue weighted by Gasteiger charge is -2.24. The zero-order valence-corrected chi connectivity index (χ0v) is 15.2. The lowest BCUT2D eigenvalue weighted by atomic mass is 10.2. The molecular formula is C13H17ClN2O6S2. The number of carbonyl (C=O) groups is 1. The third-order valence-electron chi connectivity index (χ3n) is 3.69. The minimum atomic E-state index is -4.08. The molecule has 0 aliphatic carbocycles. The molecular weight excluding hydrogens is 380 g/mol. The fraction of sp³-hybridized carbons (Fsp3) is 0.462. The Kier molecular flexibility index (Phi) is 5.55. The quantitative estimate of drug-likeness (QED) is 0.725. The van der Waals surface area contributed by atoms with Crippen LogP contribution in [0.4, 0.5) is 0 Å². The first-order valence-electron chi connectivity index (χ1n) is 6.96. The molecule has 2 N–H and O–H groups in total. The smallest absolute Gasteiger partial charge is 0.337 e. The molecule has 1 heterocycles. The number of esters is 1. The van der Waals surface area contributed by atoms with E-state index < -0.39 is 37.8 Å². The van der Waals surface area contributed by atoms with E-state index in [1.807, 2.05) is 0 Å². The van der Waals surface area contributed by atoms with Crippen molar-refractivity contribution in [3.05, 3.63) is 28.8 Å². The van der Waals surface area contributed by atoms with Gasteiger partial charge in [0.05, 0.1) is 23.4 Å². The lowest BCUT2D eigenvalue weighted by molar-refractivity contribution is 0.0600. The van der Waals surface area contributed by atoms with E-state index >= 15 is 0 Å². The maximum atomic E-state index is 12.9. The van der Waals surface area contributed by atoms with E-state index in [0.29, 0.717) is 12.8 Å². The van der Waals surface area contributed by atoms with Crippen LogP contribution in [0.3, 0.4) is 0 Å². The van der Waals surface area contributed by atoms with Gasteiger partial charge >= 0.3 is 5.97 Å². The molecule has 0 amide bonds. The number of nitrogens with zero attached hydrogens (tertiary/aromatic N) is 1. The summed E-state index contributed by atoms with van der Waals surface area (Å²) < 4.78 is 54.0. The van der Waals surface area contributed by atoms with Crippen LogP contribution in [-0.4, -0.2) is 52.6 Å². The highest BCUT2D eigenvalue weighted by molar-refractivity contribution is 7.90. The SMILES string of the molecule is COC(=O)c1ccc(Cl)c(S(=O)(=O)N2CCC[C@@H]2CS(N)(=O)=O)c1. The van der Waals surface area contributed by atoms with Crippen molar-refractivity contribution in [2.45, 2.75) is 23.8 Å². The van der Waals surface area contributed by atoms with Crippen LogP contribution >= 0.6 is 11.6 Å². The first kappa shape index (κ1) is 19.1. The Bertz CT molecular complexity index is 853. The summed E-state index contributed by atoms with van der Waals surface area (Å²) >= 11 is 5.99. The standard InChI is InChI=1S/C13H17ClN2O6S2/c1-22-13(17)9-4-5-11(14)12(7-9)24(20,21)16-6-2-3-10(16)8-23(15,18)19/h4-5,7,10H,2-3,6,8H2,1H3,(H2,15,18,19)/t10-/m1/s1. The molecule has 0 aromatic heterocycles. The first-order chi connectivity index (χ1) is 11.1. The molecule has 1 saturated heterocycles. The van der Waals surface area contributed by atoms with Gasteiger partial charge in [-0.05, 0) is 31.0 Å². The number of primary sulfonamides is 1. The average molecular weight is 397 g/mol. The molecule has 1 aromatic carbocycles. The molecule has 1 aliphatic heterocycles. The van der Waals surface area contributed by atoms with Gasteiger partial charge in [-0.2, -0.15) is 4.31 Å². The van der Waals surface area contributed by atoms with Gasteiger partial charge in [-0.3, -0.25) is 0 Å². The number of carbonyl (C=O) groups excluding carboxylic acids is 1. The second kappa shape index (κ2) is 6.96. The normalized spacial score (nSPS) is 19.4. The molecule has 1 aromatic rings. The third-order valence-corrected chi connectivity index (χ3v) is 6.97. The van der Waals surface area contributed by atoms with Crippen LogP contribution in [0.5, 0.6) is 0 Å². The van der Waals surface area contributed by atoms with E-state index in [0.717, 1.165) is 10.4 Å². The maximum absolute atomic E-state index is 12.9. The van der Waals surface area contributed by atoms with Gasteiger partial charge in [-0.25, -0.2) is 26.8 Å². The highest BCUT2D eigenvalue weighted by Crippen LogP contribution is 2.31. The Morgan fingerprint density at radius 1 is 1.38 bits per heavy atom. The molecule has 11 heteroatoms. The van der Waals surface area contributed by atoms with Crippen molar-refractivity contribution in [1.82, 2.24) is 4.31 Å². The molecule has 1 fully saturated rings. The van der Waals surface area contributed by atoms with Gasteiger partial charge in [0.25, 0.3) is 0 Å². The van der Waals surface area contributed by atoms with Crippen molar-refractivity contribution >= 4 is 37.6 Å². The molecule has 0 spiro atoms. The van der Waals surface area contributed by atoms with Gasteiger partial charge in [0, 0.05) is 12.6 Å². The fourth-order valence-electron chi connectivity index (χ4n) is 2.63. The van der Waals surface area contributed by atoms with Crippen molar-refractivity contribution in [1.29, 1.82) is 0 Å². The molecule has 0 radical (unpaired) electrons. The Morgan fingerprint density at radius 3 is 2.62 bits per heavy atom. The summed E-state index contributed by atoms with van der Waals surface area (Å²) in [6, 6.07) is 2.99. The molecule has 0 saturated carbocycles. The summed E-state index contributed by atoms with van der Waals surface area (Å²) in [5.74, 6) is -1.17. The van der Waals surface area contributed by atoms with Crippen LogP contribution in [0.2, 0.25) is 5.02 Å². The van der Waals surface area contributed by atoms with E-state index in [4.69, 9.17) is 16.7 Å². The summed E-state index contributed by atoms with van der Waals surface area (Å²) in [4.78, 5) is 11.3. The van der Waals surface area contributed by atoms with E-state index in [2.05, 4.69) is 4.74 Å². The summed E-state index contributed by atoms with van der Waals surface area (Å²) in [7, 11) is -6.74. The predicted molar refractivity (Wildman–Crippen MR) is 87.7 cm³/mol. The number of nitrogens with two attached hydrogens (primary N) is 1. The number of ether oxygens (including phenoxy) is 1. The van der Waals surface area contributed by atoms with Crippen molar-refractivity contribution in [2.75, 3.05) is 19.4 Å². The number of sulfonamides is 2. The summed E-state index contributed by atoms with van der Waals surface area (Å²) in [6.07, 6.45) is 0.887. The van der Waals surface area contributed by atoms with Crippen molar-refractivity contribution in [2.24, 2.45) is 5.14 Å². The molecule has 134 valence electrons. The van der Waals surface area contributed by atoms with Gasteiger partial charge in [0.15, 0.2) is 0 Å². The van der Waals surface area contributed by atoms with Gasteiger partial charge < -0.3 is 4.74 Å². The second-order valence-electron chi connectivity index (χ2n) is 5.38. The Morgan fingerprint density at radius 2 is 2.04 bits per heavy atom. The van der Waals surface area contributed by atoms with Crippen LogP contribution in [-0.2, 0) is 24.8 Å². The zero-order chi connectivity index (χ0) is 18.1. The third kappa shape index (κ3) is 4.06.